The Morgan fingerprint density at radius 1 is 1.10 bits per heavy atom. The molecule has 0 radical (unpaired) electrons. The van der Waals surface area contributed by atoms with Gasteiger partial charge < -0.3 is 10.1 Å². The van der Waals surface area contributed by atoms with Crippen molar-refractivity contribution in [3.63, 3.8) is 0 Å². The number of hydrogen-bond acceptors (Lipinski definition) is 5. The summed E-state index contributed by atoms with van der Waals surface area (Å²) in [5.41, 5.74) is 2.13. The fraction of sp³-hybridized carbons (Fsp3) is 0.250. The van der Waals surface area contributed by atoms with Crippen LogP contribution >= 0.6 is 11.3 Å². The lowest BCUT2D eigenvalue weighted by molar-refractivity contribution is 0.417. The molecule has 3 rings (SSSR count). The Labute approximate surface area is 127 Å². The molecular weight excluding hydrogens is 282 g/mol. The average Bonchev–Trinajstić information content (AvgIpc) is 2.74. The number of para-hydroxylation sites is 2. The monoisotopic (exact) mass is 299 g/mol. The van der Waals surface area contributed by atoms with Gasteiger partial charge in [0.05, 0.1) is 18.2 Å². The van der Waals surface area contributed by atoms with Crippen molar-refractivity contribution >= 4 is 33.1 Å². The smallest absolute Gasteiger partial charge is 0.143 e. The van der Waals surface area contributed by atoms with Crippen LogP contribution in [0.4, 0.5) is 11.5 Å². The Morgan fingerprint density at radius 2 is 1.86 bits per heavy atom. The highest BCUT2D eigenvalue weighted by Crippen LogP contribution is 2.36. The maximum absolute atomic E-state index is 5.39. The molecule has 0 aliphatic rings. The molecule has 0 saturated carbocycles. The highest BCUT2D eigenvalue weighted by Gasteiger charge is 2.14. The van der Waals surface area contributed by atoms with E-state index in [9.17, 15) is 0 Å². The van der Waals surface area contributed by atoms with E-state index in [1.54, 1.807) is 18.4 Å². The first-order valence-corrected chi connectivity index (χ1v) is 7.56. The van der Waals surface area contributed by atoms with Crippen molar-refractivity contribution in [2.75, 3.05) is 12.4 Å². The molecule has 0 unspecified atom stereocenters. The van der Waals surface area contributed by atoms with Gasteiger partial charge in [-0.3, -0.25) is 0 Å². The summed E-state index contributed by atoms with van der Waals surface area (Å²) in [6.07, 6.45) is 0. The summed E-state index contributed by atoms with van der Waals surface area (Å²) in [5, 5.41) is 4.48. The minimum atomic E-state index is 0.765. The minimum absolute atomic E-state index is 0.765. The van der Waals surface area contributed by atoms with Crippen LogP contribution in [0.15, 0.2) is 24.3 Å². The molecule has 0 fully saturated rings. The number of ether oxygens (including phenoxy) is 1. The average molecular weight is 299 g/mol. The second kappa shape index (κ2) is 5.33. The SMILES string of the molecule is COc1ccccc1Nc1nc(C)nc2sc(C)c(C)c12. The summed E-state index contributed by atoms with van der Waals surface area (Å²) >= 11 is 1.71. The van der Waals surface area contributed by atoms with Gasteiger partial charge in [0.25, 0.3) is 0 Å². The second-order valence-electron chi connectivity index (χ2n) is 4.91. The molecule has 4 nitrogen and oxygen atoms in total. The van der Waals surface area contributed by atoms with Crippen LogP contribution in [0.25, 0.3) is 10.2 Å². The fourth-order valence-electron chi connectivity index (χ4n) is 2.32. The summed E-state index contributed by atoms with van der Waals surface area (Å²) in [6, 6.07) is 7.84. The van der Waals surface area contributed by atoms with Crippen LogP contribution in [0.3, 0.4) is 0 Å². The molecule has 108 valence electrons. The number of aromatic nitrogens is 2. The Hall–Kier alpha value is -2.14. The molecule has 1 N–H and O–H groups in total. The second-order valence-corrected chi connectivity index (χ2v) is 6.11. The van der Waals surface area contributed by atoms with Gasteiger partial charge in [-0.15, -0.1) is 11.3 Å². The van der Waals surface area contributed by atoms with E-state index < -0.39 is 0 Å². The fourth-order valence-corrected chi connectivity index (χ4v) is 3.40. The van der Waals surface area contributed by atoms with E-state index in [4.69, 9.17) is 4.74 Å². The van der Waals surface area contributed by atoms with Crippen molar-refractivity contribution in [3.8, 4) is 5.75 Å². The zero-order valence-corrected chi connectivity index (χ0v) is 13.3. The lowest BCUT2D eigenvalue weighted by Gasteiger charge is -2.12. The Morgan fingerprint density at radius 3 is 2.62 bits per heavy atom. The third-order valence-electron chi connectivity index (χ3n) is 3.50. The number of nitrogens with one attached hydrogen (secondary N) is 1. The van der Waals surface area contributed by atoms with Crippen LogP contribution in [0.5, 0.6) is 5.75 Å². The molecule has 5 heteroatoms. The summed E-state index contributed by atoms with van der Waals surface area (Å²) in [5.74, 6) is 2.40. The Bertz CT molecular complexity index is 811. The van der Waals surface area contributed by atoms with Gasteiger partial charge >= 0.3 is 0 Å². The van der Waals surface area contributed by atoms with E-state index in [1.165, 1.54) is 10.4 Å². The molecule has 2 heterocycles. The third-order valence-corrected chi connectivity index (χ3v) is 4.60. The van der Waals surface area contributed by atoms with Crippen LogP contribution in [0.1, 0.15) is 16.3 Å². The maximum Gasteiger partial charge on any atom is 0.143 e. The number of anilines is 2. The molecule has 0 saturated heterocycles. The van der Waals surface area contributed by atoms with Gasteiger partial charge in [-0.1, -0.05) is 12.1 Å². The van der Waals surface area contributed by atoms with Crippen molar-refractivity contribution in [2.45, 2.75) is 20.8 Å². The van der Waals surface area contributed by atoms with E-state index >= 15 is 0 Å². The zero-order valence-electron chi connectivity index (χ0n) is 12.5. The summed E-state index contributed by atoms with van der Waals surface area (Å²) in [6.45, 7) is 6.14. The van der Waals surface area contributed by atoms with Crippen molar-refractivity contribution in [2.24, 2.45) is 0 Å². The highest BCUT2D eigenvalue weighted by atomic mass is 32.1. The number of rotatable bonds is 3. The first kappa shape index (κ1) is 13.8. The number of thiophene rings is 1. The van der Waals surface area contributed by atoms with Gasteiger partial charge in [0.15, 0.2) is 0 Å². The van der Waals surface area contributed by atoms with Gasteiger partial charge in [-0.25, -0.2) is 9.97 Å². The van der Waals surface area contributed by atoms with Gasteiger partial charge in [0.2, 0.25) is 0 Å². The number of nitrogens with zero attached hydrogens (tertiary/aromatic N) is 2. The van der Waals surface area contributed by atoms with E-state index in [2.05, 4.69) is 29.1 Å². The number of aryl methyl sites for hydroxylation is 3. The normalized spacial score (nSPS) is 10.9. The topological polar surface area (TPSA) is 47.0 Å². The number of methoxy groups -OCH3 is 1. The summed E-state index contributed by atoms with van der Waals surface area (Å²) in [7, 11) is 1.67. The standard InChI is InChI=1S/C16H17N3OS/c1-9-10(2)21-16-14(9)15(17-11(3)18-16)19-12-7-5-6-8-13(12)20-4/h5-8H,1-4H3,(H,17,18,19). The molecule has 0 aliphatic heterocycles. The van der Waals surface area contributed by atoms with Gasteiger partial charge in [-0.2, -0.15) is 0 Å². The molecule has 0 spiro atoms. The molecule has 1 aromatic carbocycles. The molecule has 21 heavy (non-hydrogen) atoms. The van der Waals surface area contributed by atoms with Crippen LogP contribution in [0.2, 0.25) is 0 Å². The van der Waals surface area contributed by atoms with Crippen LogP contribution in [-0.4, -0.2) is 17.1 Å². The summed E-state index contributed by atoms with van der Waals surface area (Å²) in [4.78, 5) is 11.4. The van der Waals surface area contributed by atoms with Gasteiger partial charge in [-0.05, 0) is 38.5 Å². The lowest BCUT2D eigenvalue weighted by Crippen LogP contribution is -2.00. The molecule has 0 atom stereocenters. The van der Waals surface area contributed by atoms with Crippen LogP contribution < -0.4 is 10.1 Å². The number of hydrogen-bond donors (Lipinski definition) is 1. The van der Waals surface area contributed by atoms with Crippen LogP contribution in [0, 0.1) is 20.8 Å². The molecule has 0 bridgehead atoms. The largest absolute Gasteiger partial charge is 0.495 e. The van der Waals surface area contributed by atoms with E-state index in [0.717, 1.165) is 33.3 Å². The molecule has 0 amide bonds. The van der Waals surface area contributed by atoms with Crippen LogP contribution in [-0.2, 0) is 0 Å². The first-order chi connectivity index (χ1) is 10.1. The molecule has 2 aromatic heterocycles. The number of fused-ring (bicyclic) bond motifs is 1. The van der Waals surface area contributed by atoms with E-state index in [-0.39, 0.29) is 0 Å². The van der Waals surface area contributed by atoms with Gasteiger partial charge in [0, 0.05) is 4.88 Å². The van der Waals surface area contributed by atoms with Crippen molar-refractivity contribution in [1.82, 2.24) is 9.97 Å². The molecule has 3 aromatic rings. The number of benzene rings is 1. The van der Waals surface area contributed by atoms with E-state index in [1.807, 2.05) is 31.2 Å². The predicted molar refractivity (Wildman–Crippen MR) is 87.9 cm³/mol. The van der Waals surface area contributed by atoms with Crippen molar-refractivity contribution in [3.05, 3.63) is 40.5 Å². The predicted octanol–water partition coefficient (Wildman–Crippen LogP) is 4.37. The minimum Gasteiger partial charge on any atom is -0.495 e. The Kier molecular flexibility index (Phi) is 3.51. The quantitative estimate of drug-likeness (QED) is 0.780. The summed E-state index contributed by atoms with van der Waals surface area (Å²) < 4.78 is 5.39. The van der Waals surface area contributed by atoms with Crippen molar-refractivity contribution < 1.29 is 4.74 Å². The lowest BCUT2D eigenvalue weighted by atomic mass is 10.2. The van der Waals surface area contributed by atoms with E-state index in [0.29, 0.717) is 0 Å². The molecule has 0 aliphatic carbocycles. The van der Waals surface area contributed by atoms with Crippen molar-refractivity contribution in [1.29, 1.82) is 0 Å². The highest BCUT2D eigenvalue weighted by molar-refractivity contribution is 7.18. The zero-order chi connectivity index (χ0) is 15.0. The Balaban J connectivity index is 2.16. The maximum atomic E-state index is 5.39. The van der Waals surface area contributed by atoms with Gasteiger partial charge in [0.1, 0.15) is 22.2 Å². The first-order valence-electron chi connectivity index (χ1n) is 6.74. The third kappa shape index (κ3) is 2.45. The molecular formula is C16H17N3OS.